The molecule has 7 heteroatoms. The molecule has 0 saturated heterocycles. The molecule has 26 heavy (non-hydrogen) atoms. The molecule has 0 atom stereocenters. The zero-order chi connectivity index (χ0) is 18.4. The van der Waals surface area contributed by atoms with Crippen molar-refractivity contribution < 1.29 is 19.1 Å². The molecule has 1 heterocycles. The Morgan fingerprint density at radius 1 is 1.00 bits per heavy atom. The van der Waals surface area contributed by atoms with Crippen LogP contribution in [0.1, 0.15) is 15.9 Å². The van der Waals surface area contributed by atoms with E-state index in [1.54, 1.807) is 36.4 Å². The average molecular weight is 375 g/mol. The summed E-state index contributed by atoms with van der Waals surface area (Å²) in [5, 5.41) is 5.96. The van der Waals surface area contributed by atoms with Crippen molar-refractivity contribution in [1.82, 2.24) is 10.6 Å². The molecule has 0 radical (unpaired) electrons. The van der Waals surface area contributed by atoms with E-state index in [0.29, 0.717) is 48.4 Å². The molecule has 6 nitrogen and oxygen atoms in total. The van der Waals surface area contributed by atoms with Crippen LogP contribution in [-0.4, -0.2) is 38.1 Å². The van der Waals surface area contributed by atoms with Gasteiger partial charge in [0.15, 0.2) is 11.5 Å². The van der Waals surface area contributed by atoms with Gasteiger partial charge in [-0.05, 0) is 29.8 Å². The summed E-state index contributed by atoms with van der Waals surface area (Å²) in [7, 11) is 0. The second kappa shape index (κ2) is 8.58. The fraction of sp³-hybridized carbons (Fsp3) is 0.263. The number of nitrogens with one attached hydrogen (secondary N) is 2. The van der Waals surface area contributed by atoms with E-state index < -0.39 is 0 Å². The van der Waals surface area contributed by atoms with Gasteiger partial charge in [0.05, 0.1) is 11.4 Å². The van der Waals surface area contributed by atoms with E-state index in [1.165, 1.54) is 0 Å². The minimum atomic E-state index is -0.168. The monoisotopic (exact) mass is 374 g/mol. The Balaban J connectivity index is 1.44. The van der Waals surface area contributed by atoms with Gasteiger partial charge in [0.1, 0.15) is 13.2 Å². The molecule has 0 unspecified atom stereocenters. The summed E-state index contributed by atoms with van der Waals surface area (Å²) in [6.45, 7) is 1.61. The van der Waals surface area contributed by atoms with Crippen LogP contribution in [0, 0.1) is 0 Å². The van der Waals surface area contributed by atoms with Gasteiger partial charge in [-0.3, -0.25) is 9.59 Å². The van der Waals surface area contributed by atoms with Crippen LogP contribution in [0.2, 0.25) is 5.02 Å². The van der Waals surface area contributed by atoms with Gasteiger partial charge in [-0.25, -0.2) is 0 Å². The Morgan fingerprint density at radius 2 is 1.73 bits per heavy atom. The van der Waals surface area contributed by atoms with Gasteiger partial charge in [-0.2, -0.15) is 0 Å². The molecule has 2 aromatic carbocycles. The highest BCUT2D eigenvalue weighted by Gasteiger charge is 2.17. The minimum Gasteiger partial charge on any atom is -0.486 e. The zero-order valence-corrected chi connectivity index (χ0v) is 14.8. The highest BCUT2D eigenvalue weighted by Crippen LogP contribution is 2.38. The Kier molecular flexibility index (Phi) is 5.96. The molecule has 1 aliphatic rings. The molecule has 1 aliphatic heterocycles. The summed E-state index contributed by atoms with van der Waals surface area (Å²) in [5.41, 5.74) is 1.33. The van der Waals surface area contributed by atoms with Crippen molar-refractivity contribution in [2.24, 2.45) is 0 Å². The number of carbonyl (C=O) groups is 2. The molecule has 136 valence electrons. The van der Waals surface area contributed by atoms with Crippen LogP contribution in [0.3, 0.4) is 0 Å². The van der Waals surface area contributed by atoms with Gasteiger partial charge in [0.2, 0.25) is 5.91 Å². The van der Waals surface area contributed by atoms with E-state index in [1.807, 2.05) is 6.07 Å². The second-order valence-electron chi connectivity index (χ2n) is 5.75. The number of amides is 2. The third-order valence-corrected chi connectivity index (χ3v) is 4.07. The maximum Gasteiger partial charge on any atom is 0.251 e. The molecule has 2 N–H and O–H groups in total. The lowest BCUT2D eigenvalue weighted by Crippen LogP contribution is -2.35. The van der Waals surface area contributed by atoms with Gasteiger partial charge in [0, 0.05) is 18.7 Å². The van der Waals surface area contributed by atoms with Crippen LogP contribution in [0.5, 0.6) is 11.5 Å². The summed E-state index contributed by atoms with van der Waals surface area (Å²) in [6.07, 6.45) is 0.170. The van der Waals surface area contributed by atoms with Crippen LogP contribution in [0.4, 0.5) is 0 Å². The molecule has 2 amide bonds. The fourth-order valence-corrected chi connectivity index (χ4v) is 2.87. The predicted octanol–water partition coefficient (Wildman–Crippen LogP) is 2.20. The number of ether oxygens (including phenoxy) is 2. The summed E-state index contributed by atoms with van der Waals surface area (Å²) in [4.78, 5) is 24.0. The molecule has 0 fully saturated rings. The van der Waals surface area contributed by atoms with Crippen LogP contribution in [0.25, 0.3) is 0 Å². The van der Waals surface area contributed by atoms with E-state index in [0.717, 1.165) is 5.56 Å². The standard InChI is InChI=1S/C19H19ClN2O4/c20-15-10-13(11-16-18(15)26-9-8-25-16)12-17(23)21-6-7-22-19(24)14-4-2-1-3-5-14/h1-5,10-11H,6-9,12H2,(H,21,23)(H,22,24). The van der Waals surface area contributed by atoms with Gasteiger partial charge in [-0.1, -0.05) is 29.8 Å². The molecule has 0 spiro atoms. The third-order valence-electron chi connectivity index (χ3n) is 3.79. The van der Waals surface area contributed by atoms with Crippen molar-refractivity contribution in [3.8, 4) is 11.5 Å². The largest absolute Gasteiger partial charge is 0.486 e. The van der Waals surface area contributed by atoms with Crippen molar-refractivity contribution in [2.75, 3.05) is 26.3 Å². The van der Waals surface area contributed by atoms with Crippen molar-refractivity contribution >= 4 is 23.4 Å². The normalized spacial score (nSPS) is 12.3. The molecular formula is C19H19ClN2O4. The van der Waals surface area contributed by atoms with E-state index in [-0.39, 0.29) is 18.2 Å². The lowest BCUT2D eigenvalue weighted by atomic mass is 10.1. The summed E-state index contributed by atoms with van der Waals surface area (Å²) >= 11 is 6.17. The van der Waals surface area contributed by atoms with Crippen LogP contribution < -0.4 is 20.1 Å². The van der Waals surface area contributed by atoms with Crippen LogP contribution in [-0.2, 0) is 11.2 Å². The van der Waals surface area contributed by atoms with Crippen molar-refractivity contribution in [3.63, 3.8) is 0 Å². The Labute approximate surface area is 156 Å². The number of rotatable bonds is 6. The minimum absolute atomic E-state index is 0.160. The fourth-order valence-electron chi connectivity index (χ4n) is 2.58. The summed E-state index contributed by atoms with van der Waals surface area (Å²) < 4.78 is 11.0. The Hall–Kier alpha value is -2.73. The highest BCUT2D eigenvalue weighted by atomic mass is 35.5. The molecule has 0 saturated carbocycles. The smallest absolute Gasteiger partial charge is 0.251 e. The lowest BCUT2D eigenvalue weighted by Gasteiger charge is -2.20. The number of benzene rings is 2. The predicted molar refractivity (Wildman–Crippen MR) is 97.9 cm³/mol. The maximum atomic E-state index is 12.1. The van der Waals surface area contributed by atoms with E-state index in [2.05, 4.69) is 10.6 Å². The number of halogens is 1. The second-order valence-corrected chi connectivity index (χ2v) is 6.16. The molecule has 0 aliphatic carbocycles. The molecule has 3 rings (SSSR count). The first-order valence-electron chi connectivity index (χ1n) is 8.31. The topological polar surface area (TPSA) is 76.7 Å². The van der Waals surface area contributed by atoms with E-state index in [4.69, 9.17) is 21.1 Å². The first kappa shape index (κ1) is 18.1. The van der Waals surface area contributed by atoms with Crippen LogP contribution in [0.15, 0.2) is 42.5 Å². The first-order chi connectivity index (χ1) is 12.6. The van der Waals surface area contributed by atoms with Gasteiger partial charge in [-0.15, -0.1) is 0 Å². The van der Waals surface area contributed by atoms with Crippen molar-refractivity contribution in [3.05, 3.63) is 58.6 Å². The highest BCUT2D eigenvalue weighted by molar-refractivity contribution is 6.32. The Morgan fingerprint density at radius 3 is 2.54 bits per heavy atom. The summed E-state index contributed by atoms with van der Waals surface area (Å²) in [5.74, 6) is 0.748. The summed E-state index contributed by atoms with van der Waals surface area (Å²) in [6, 6.07) is 12.4. The van der Waals surface area contributed by atoms with E-state index >= 15 is 0 Å². The zero-order valence-electron chi connectivity index (χ0n) is 14.1. The maximum absolute atomic E-state index is 12.1. The van der Waals surface area contributed by atoms with Gasteiger partial charge < -0.3 is 20.1 Å². The average Bonchev–Trinajstić information content (AvgIpc) is 2.66. The van der Waals surface area contributed by atoms with Gasteiger partial charge >= 0.3 is 0 Å². The molecular weight excluding hydrogens is 356 g/mol. The van der Waals surface area contributed by atoms with Crippen LogP contribution >= 0.6 is 11.6 Å². The molecule has 0 aromatic heterocycles. The number of hydrogen-bond acceptors (Lipinski definition) is 4. The van der Waals surface area contributed by atoms with E-state index in [9.17, 15) is 9.59 Å². The van der Waals surface area contributed by atoms with Crippen molar-refractivity contribution in [1.29, 1.82) is 0 Å². The first-order valence-corrected chi connectivity index (χ1v) is 8.69. The Bertz CT molecular complexity index is 796. The lowest BCUT2D eigenvalue weighted by molar-refractivity contribution is -0.120. The molecule has 2 aromatic rings. The third kappa shape index (κ3) is 4.67. The number of carbonyl (C=O) groups excluding carboxylic acids is 2. The SMILES string of the molecule is O=C(Cc1cc(Cl)c2c(c1)OCCO2)NCCNC(=O)c1ccccc1. The molecule has 0 bridgehead atoms. The van der Waals surface area contributed by atoms with Gasteiger partial charge in [0.25, 0.3) is 5.91 Å². The van der Waals surface area contributed by atoms with Crippen molar-refractivity contribution in [2.45, 2.75) is 6.42 Å². The number of hydrogen-bond donors (Lipinski definition) is 2. The quantitative estimate of drug-likeness (QED) is 0.760. The number of fused-ring (bicyclic) bond motifs is 1.